The van der Waals surface area contributed by atoms with Gasteiger partial charge in [-0.3, -0.25) is 0 Å². The molecule has 0 spiro atoms. The zero-order valence-corrected chi connectivity index (χ0v) is 10.7. The van der Waals surface area contributed by atoms with Crippen LogP contribution in [0.2, 0.25) is 0 Å². The molecule has 17 heavy (non-hydrogen) atoms. The van der Waals surface area contributed by atoms with Gasteiger partial charge in [-0.2, -0.15) is 0 Å². The highest BCUT2D eigenvalue weighted by Crippen LogP contribution is 2.24. The van der Waals surface area contributed by atoms with E-state index in [2.05, 4.69) is 48.3 Å². The van der Waals surface area contributed by atoms with Gasteiger partial charge in [0.15, 0.2) is 0 Å². The van der Waals surface area contributed by atoms with Crippen LogP contribution in [0.4, 0.5) is 0 Å². The fourth-order valence-electron chi connectivity index (χ4n) is 2.42. The van der Waals surface area contributed by atoms with Crippen molar-refractivity contribution in [2.24, 2.45) is 7.05 Å². The molecule has 1 aromatic heterocycles. The minimum absolute atomic E-state index is 0.777. The molecule has 1 saturated carbocycles. The SMILES string of the molecule is CCc1ccc2c(c1)c(CNC1CC1)cn2C. The average Bonchev–Trinajstić information content (AvgIpc) is 3.12. The van der Waals surface area contributed by atoms with Crippen molar-refractivity contribution < 1.29 is 0 Å². The van der Waals surface area contributed by atoms with Gasteiger partial charge < -0.3 is 9.88 Å². The molecular weight excluding hydrogens is 208 g/mol. The lowest BCUT2D eigenvalue weighted by Crippen LogP contribution is -2.14. The molecule has 1 heterocycles. The Morgan fingerprint density at radius 3 is 2.88 bits per heavy atom. The number of rotatable bonds is 4. The fourth-order valence-corrected chi connectivity index (χ4v) is 2.42. The van der Waals surface area contributed by atoms with Crippen LogP contribution in [0.3, 0.4) is 0 Å². The zero-order valence-electron chi connectivity index (χ0n) is 10.7. The second-order valence-electron chi connectivity index (χ2n) is 5.13. The van der Waals surface area contributed by atoms with Gasteiger partial charge in [-0.05, 0) is 42.5 Å². The maximum absolute atomic E-state index is 3.60. The predicted octanol–water partition coefficient (Wildman–Crippen LogP) is 2.99. The summed E-state index contributed by atoms with van der Waals surface area (Å²) in [5, 5.41) is 5.02. The molecule has 1 fully saturated rings. The number of benzene rings is 1. The Labute approximate surface area is 103 Å². The summed E-state index contributed by atoms with van der Waals surface area (Å²) in [4.78, 5) is 0. The lowest BCUT2D eigenvalue weighted by molar-refractivity contribution is 0.689. The van der Waals surface area contributed by atoms with E-state index in [1.165, 1.54) is 34.9 Å². The minimum atomic E-state index is 0.777. The van der Waals surface area contributed by atoms with E-state index in [-0.39, 0.29) is 0 Å². The van der Waals surface area contributed by atoms with E-state index in [0.29, 0.717) is 0 Å². The Morgan fingerprint density at radius 2 is 2.18 bits per heavy atom. The Bertz CT molecular complexity index is 535. The van der Waals surface area contributed by atoms with E-state index >= 15 is 0 Å². The highest BCUT2D eigenvalue weighted by Gasteiger charge is 2.20. The molecule has 1 aliphatic carbocycles. The number of fused-ring (bicyclic) bond motifs is 1. The molecule has 2 aromatic rings. The molecule has 1 aromatic carbocycles. The maximum atomic E-state index is 3.60. The van der Waals surface area contributed by atoms with Crippen LogP contribution in [0.5, 0.6) is 0 Å². The van der Waals surface area contributed by atoms with Crippen molar-refractivity contribution in [1.82, 2.24) is 9.88 Å². The molecule has 90 valence electrons. The van der Waals surface area contributed by atoms with Crippen LogP contribution in [-0.4, -0.2) is 10.6 Å². The lowest BCUT2D eigenvalue weighted by Gasteiger charge is -2.02. The van der Waals surface area contributed by atoms with Gasteiger partial charge in [-0.15, -0.1) is 0 Å². The van der Waals surface area contributed by atoms with Gasteiger partial charge in [-0.1, -0.05) is 13.0 Å². The first kappa shape index (κ1) is 10.8. The summed E-state index contributed by atoms with van der Waals surface area (Å²) in [7, 11) is 2.13. The van der Waals surface area contributed by atoms with Gasteiger partial charge in [-0.25, -0.2) is 0 Å². The number of nitrogens with one attached hydrogen (secondary N) is 1. The molecule has 1 aliphatic rings. The van der Waals surface area contributed by atoms with Crippen molar-refractivity contribution in [3.8, 4) is 0 Å². The summed E-state index contributed by atoms with van der Waals surface area (Å²) < 4.78 is 2.23. The maximum Gasteiger partial charge on any atom is 0.0481 e. The highest BCUT2D eigenvalue weighted by molar-refractivity contribution is 5.84. The summed E-state index contributed by atoms with van der Waals surface area (Å²) in [6.07, 6.45) is 6.08. The third-order valence-corrected chi connectivity index (χ3v) is 3.70. The summed E-state index contributed by atoms with van der Waals surface area (Å²) in [6, 6.07) is 7.61. The van der Waals surface area contributed by atoms with Gasteiger partial charge >= 0.3 is 0 Å². The summed E-state index contributed by atoms with van der Waals surface area (Å²) >= 11 is 0. The molecule has 0 saturated heterocycles. The summed E-state index contributed by atoms with van der Waals surface area (Å²) in [5.41, 5.74) is 4.20. The molecule has 2 nitrogen and oxygen atoms in total. The van der Waals surface area contributed by atoms with Gasteiger partial charge in [0.1, 0.15) is 0 Å². The first-order valence-electron chi connectivity index (χ1n) is 6.58. The van der Waals surface area contributed by atoms with Gasteiger partial charge in [0, 0.05) is 36.7 Å². The minimum Gasteiger partial charge on any atom is -0.350 e. The monoisotopic (exact) mass is 228 g/mol. The molecule has 0 unspecified atom stereocenters. The predicted molar refractivity (Wildman–Crippen MR) is 72.2 cm³/mol. The normalized spacial score (nSPS) is 15.6. The number of aryl methyl sites for hydroxylation is 2. The fraction of sp³-hybridized carbons (Fsp3) is 0.467. The third-order valence-electron chi connectivity index (χ3n) is 3.70. The Morgan fingerprint density at radius 1 is 1.35 bits per heavy atom. The largest absolute Gasteiger partial charge is 0.350 e. The van der Waals surface area contributed by atoms with Crippen molar-refractivity contribution in [2.75, 3.05) is 0 Å². The molecular formula is C15H20N2. The van der Waals surface area contributed by atoms with E-state index in [4.69, 9.17) is 0 Å². The van der Waals surface area contributed by atoms with E-state index in [0.717, 1.165) is 19.0 Å². The molecule has 1 N–H and O–H groups in total. The van der Waals surface area contributed by atoms with Crippen molar-refractivity contribution >= 4 is 10.9 Å². The van der Waals surface area contributed by atoms with Crippen LogP contribution < -0.4 is 5.32 Å². The van der Waals surface area contributed by atoms with E-state index in [9.17, 15) is 0 Å². The van der Waals surface area contributed by atoms with E-state index < -0.39 is 0 Å². The topological polar surface area (TPSA) is 17.0 Å². The van der Waals surface area contributed by atoms with Crippen LogP contribution in [-0.2, 0) is 20.0 Å². The Kier molecular flexibility index (Phi) is 2.67. The molecule has 3 rings (SSSR count). The van der Waals surface area contributed by atoms with Gasteiger partial charge in [0.2, 0.25) is 0 Å². The van der Waals surface area contributed by atoms with Crippen LogP contribution in [0.25, 0.3) is 10.9 Å². The second kappa shape index (κ2) is 4.19. The molecule has 0 amide bonds. The molecule has 2 heteroatoms. The lowest BCUT2D eigenvalue weighted by atomic mass is 10.1. The number of nitrogens with zero attached hydrogens (tertiary/aromatic N) is 1. The van der Waals surface area contributed by atoms with Crippen molar-refractivity contribution in [1.29, 1.82) is 0 Å². The van der Waals surface area contributed by atoms with Gasteiger partial charge in [0.25, 0.3) is 0 Å². The highest BCUT2D eigenvalue weighted by atomic mass is 15.0. The molecule has 0 atom stereocenters. The quantitative estimate of drug-likeness (QED) is 0.851. The van der Waals surface area contributed by atoms with Crippen molar-refractivity contribution in [3.63, 3.8) is 0 Å². The summed E-state index contributed by atoms with van der Waals surface area (Å²) in [6.45, 7) is 3.22. The van der Waals surface area contributed by atoms with Crippen LogP contribution in [0.15, 0.2) is 24.4 Å². The van der Waals surface area contributed by atoms with Crippen LogP contribution in [0.1, 0.15) is 30.9 Å². The third kappa shape index (κ3) is 2.09. The summed E-state index contributed by atoms with van der Waals surface area (Å²) in [5.74, 6) is 0. The average molecular weight is 228 g/mol. The van der Waals surface area contributed by atoms with Crippen LogP contribution in [0, 0.1) is 0 Å². The molecule has 0 bridgehead atoms. The van der Waals surface area contributed by atoms with Crippen molar-refractivity contribution in [3.05, 3.63) is 35.5 Å². The van der Waals surface area contributed by atoms with Crippen molar-refractivity contribution in [2.45, 2.75) is 38.8 Å². The van der Waals surface area contributed by atoms with E-state index in [1.54, 1.807) is 0 Å². The van der Waals surface area contributed by atoms with Crippen LogP contribution >= 0.6 is 0 Å². The number of hydrogen-bond acceptors (Lipinski definition) is 1. The first-order chi connectivity index (χ1) is 8.28. The number of aromatic nitrogens is 1. The molecule has 0 aliphatic heterocycles. The zero-order chi connectivity index (χ0) is 11.8. The molecule has 0 radical (unpaired) electrons. The second-order valence-corrected chi connectivity index (χ2v) is 5.13. The van der Waals surface area contributed by atoms with Gasteiger partial charge in [0.05, 0.1) is 0 Å². The Hall–Kier alpha value is -1.28. The first-order valence-corrected chi connectivity index (χ1v) is 6.58. The number of hydrogen-bond donors (Lipinski definition) is 1. The Balaban J connectivity index is 1.96. The van der Waals surface area contributed by atoms with E-state index in [1.807, 2.05) is 0 Å². The standard InChI is InChI=1S/C15H20N2/c1-3-11-4-7-15-14(8-11)12(10-17(15)2)9-16-13-5-6-13/h4,7-8,10,13,16H,3,5-6,9H2,1-2H3. The smallest absolute Gasteiger partial charge is 0.0481 e.